The highest BCUT2D eigenvalue weighted by atomic mass is 16.3. The van der Waals surface area contributed by atoms with Gasteiger partial charge in [-0.05, 0) is 19.3 Å². The first-order valence-corrected chi connectivity index (χ1v) is 17.4. The predicted octanol–water partition coefficient (Wildman–Crippen LogP) is 9.95. The molecule has 3 N–H and O–H groups in total. The fraction of sp³-hybridized carbons (Fsp3) is 0.914. The molecular formula is C35H69NO3. The van der Waals surface area contributed by atoms with Crippen LogP contribution in [0.5, 0.6) is 0 Å². The zero-order valence-electron chi connectivity index (χ0n) is 26.4. The van der Waals surface area contributed by atoms with E-state index in [1.165, 1.54) is 141 Å². The number of carbonyl (C=O) groups excluding carboxylic acids is 1. The number of amides is 1. The third-order valence-electron chi connectivity index (χ3n) is 8.02. The number of carbonyl (C=O) groups is 1. The van der Waals surface area contributed by atoms with E-state index in [9.17, 15) is 15.0 Å². The molecule has 0 aromatic heterocycles. The zero-order chi connectivity index (χ0) is 28.7. The Labute approximate surface area is 244 Å². The van der Waals surface area contributed by atoms with Gasteiger partial charge in [-0.15, -0.1) is 0 Å². The fourth-order valence-corrected chi connectivity index (χ4v) is 5.29. The van der Waals surface area contributed by atoms with E-state index in [-0.39, 0.29) is 12.5 Å². The first-order valence-electron chi connectivity index (χ1n) is 17.4. The van der Waals surface area contributed by atoms with E-state index in [1.807, 2.05) is 6.08 Å². The molecule has 0 bridgehead atoms. The van der Waals surface area contributed by atoms with Gasteiger partial charge in [0.1, 0.15) is 0 Å². The smallest absolute Gasteiger partial charge is 0.220 e. The number of rotatable bonds is 31. The molecule has 0 heterocycles. The largest absolute Gasteiger partial charge is 0.394 e. The molecule has 0 radical (unpaired) electrons. The van der Waals surface area contributed by atoms with Crippen LogP contribution < -0.4 is 5.32 Å². The van der Waals surface area contributed by atoms with E-state index in [2.05, 4.69) is 19.2 Å². The maximum absolute atomic E-state index is 12.2. The summed E-state index contributed by atoms with van der Waals surface area (Å²) in [6.45, 7) is 4.28. The molecule has 39 heavy (non-hydrogen) atoms. The summed E-state index contributed by atoms with van der Waals surface area (Å²) in [5, 5.41) is 22.8. The molecule has 0 rings (SSSR count). The van der Waals surface area contributed by atoms with Crippen LogP contribution in [-0.2, 0) is 4.79 Å². The highest BCUT2D eigenvalue weighted by Crippen LogP contribution is 2.14. The summed E-state index contributed by atoms with van der Waals surface area (Å²) in [6, 6.07) is -0.613. The normalized spacial score (nSPS) is 13.2. The van der Waals surface area contributed by atoms with Crippen LogP contribution in [0, 0.1) is 0 Å². The Morgan fingerprint density at radius 2 is 0.949 bits per heavy atom. The molecule has 2 atom stereocenters. The molecule has 0 aliphatic heterocycles. The molecule has 0 spiro atoms. The Hall–Kier alpha value is -0.870. The third kappa shape index (κ3) is 28.5. The van der Waals surface area contributed by atoms with Gasteiger partial charge in [0.05, 0.1) is 18.8 Å². The molecule has 1 amide bonds. The summed E-state index contributed by atoms with van der Waals surface area (Å²) >= 11 is 0. The number of allylic oxidation sites excluding steroid dienone is 1. The average Bonchev–Trinajstić information content (AvgIpc) is 2.94. The first kappa shape index (κ1) is 38.1. The van der Waals surface area contributed by atoms with Gasteiger partial charge >= 0.3 is 0 Å². The van der Waals surface area contributed by atoms with Crippen LogP contribution >= 0.6 is 0 Å². The highest BCUT2D eigenvalue weighted by Gasteiger charge is 2.17. The summed E-state index contributed by atoms with van der Waals surface area (Å²) in [6.07, 6.45) is 37.2. The van der Waals surface area contributed by atoms with Gasteiger partial charge in [0.25, 0.3) is 0 Å². The second kappa shape index (κ2) is 31.7. The van der Waals surface area contributed by atoms with Crippen molar-refractivity contribution >= 4 is 5.91 Å². The monoisotopic (exact) mass is 552 g/mol. The summed E-state index contributed by atoms with van der Waals surface area (Å²) in [4.78, 5) is 12.2. The fourth-order valence-electron chi connectivity index (χ4n) is 5.29. The summed E-state index contributed by atoms with van der Waals surface area (Å²) in [5.74, 6) is -0.0674. The second-order valence-electron chi connectivity index (χ2n) is 11.9. The van der Waals surface area contributed by atoms with Gasteiger partial charge in [0, 0.05) is 6.42 Å². The Kier molecular flexibility index (Phi) is 30.9. The van der Waals surface area contributed by atoms with Crippen LogP contribution in [0.1, 0.15) is 187 Å². The van der Waals surface area contributed by atoms with Crippen LogP contribution in [0.25, 0.3) is 0 Å². The predicted molar refractivity (Wildman–Crippen MR) is 170 cm³/mol. The van der Waals surface area contributed by atoms with Crippen LogP contribution in [0.4, 0.5) is 0 Å². The van der Waals surface area contributed by atoms with Gasteiger partial charge in [-0.2, -0.15) is 0 Å². The number of hydrogen-bond donors (Lipinski definition) is 3. The Bertz CT molecular complexity index is 522. The van der Waals surface area contributed by atoms with E-state index >= 15 is 0 Å². The summed E-state index contributed by atoms with van der Waals surface area (Å²) in [5.41, 5.74) is 0. The van der Waals surface area contributed by atoms with E-state index < -0.39 is 12.1 Å². The van der Waals surface area contributed by atoms with Crippen LogP contribution in [0.3, 0.4) is 0 Å². The van der Waals surface area contributed by atoms with Crippen LogP contribution in [-0.4, -0.2) is 34.9 Å². The van der Waals surface area contributed by atoms with Gasteiger partial charge in [-0.1, -0.05) is 174 Å². The number of aliphatic hydroxyl groups excluding tert-OH is 2. The van der Waals surface area contributed by atoms with Crippen LogP contribution in [0.15, 0.2) is 12.2 Å². The molecule has 2 unspecified atom stereocenters. The molecule has 0 saturated carbocycles. The molecule has 0 fully saturated rings. The molecule has 4 nitrogen and oxygen atoms in total. The number of unbranched alkanes of at least 4 members (excludes halogenated alkanes) is 24. The number of hydrogen-bond acceptors (Lipinski definition) is 3. The third-order valence-corrected chi connectivity index (χ3v) is 8.02. The maximum atomic E-state index is 12.2. The van der Waals surface area contributed by atoms with E-state index in [0.29, 0.717) is 6.42 Å². The SMILES string of the molecule is CCCCCCCCCCCCCCCCCC/C=C/C(O)C(CO)NC(=O)CCCCCCCCCCC. The van der Waals surface area contributed by atoms with Gasteiger partial charge in [-0.3, -0.25) is 4.79 Å². The lowest BCUT2D eigenvalue weighted by Gasteiger charge is -2.20. The van der Waals surface area contributed by atoms with Crippen molar-refractivity contribution in [3.63, 3.8) is 0 Å². The van der Waals surface area contributed by atoms with Crippen molar-refractivity contribution in [2.45, 2.75) is 199 Å². The van der Waals surface area contributed by atoms with E-state index in [1.54, 1.807) is 6.08 Å². The van der Waals surface area contributed by atoms with Crippen molar-refractivity contribution in [1.82, 2.24) is 5.32 Å². The first-order chi connectivity index (χ1) is 19.2. The molecule has 232 valence electrons. The molecule has 0 saturated heterocycles. The Morgan fingerprint density at radius 1 is 0.590 bits per heavy atom. The highest BCUT2D eigenvalue weighted by molar-refractivity contribution is 5.76. The number of aliphatic hydroxyl groups is 2. The molecule has 0 aliphatic rings. The van der Waals surface area contributed by atoms with Crippen molar-refractivity contribution in [3.8, 4) is 0 Å². The number of nitrogens with one attached hydrogen (secondary N) is 1. The van der Waals surface area contributed by atoms with Crippen molar-refractivity contribution in [2.24, 2.45) is 0 Å². The Balaban J connectivity index is 3.58. The maximum Gasteiger partial charge on any atom is 0.220 e. The average molecular weight is 552 g/mol. The molecule has 0 aromatic rings. The minimum absolute atomic E-state index is 0.0674. The summed E-state index contributed by atoms with van der Waals surface area (Å²) in [7, 11) is 0. The molecule has 4 heteroatoms. The lowest BCUT2D eigenvalue weighted by atomic mass is 10.0. The van der Waals surface area contributed by atoms with Gasteiger partial charge in [0.15, 0.2) is 0 Å². The van der Waals surface area contributed by atoms with Crippen molar-refractivity contribution in [1.29, 1.82) is 0 Å². The topological polar surface area (TPSA) is 69.6 Å². The van der Waals surface area contributed by atoms with Crippen LogP contribution in [0.2, 0.25) is 0 Å². The second-order valence-corrected chi connectivity index (χ2v) is 11.9. The zero-order valence-corrected chi connectivity index (χ0v) is 26.4. The molecule has 0 aliphatic carbocycles. The quantitative estimate of drug-likeness (QED) is 0.0593. The van der Waals surface area contributed by atoms with Gasteiger partial charge in [-0.25, -0.2) is 0 Å². The van der Waals surface area contributed by atoms with Gasteiger partial charge < -0.3 is 15.5 Å². The minimum atomic E-state index is -0.830. The molecular weight excluding hydrogens is 482 g/mol. The Morgan fingerprint density at radius 3 is 1.33 bits per heavy atom. The van der Waals surface area contributed by atoms with Gasteiger partial charge in [0.2, 0.25) is 5.91 Å². The van der Waals surface area contributed by atoms with E-state index in [4.69, 9.17) is 0 Å². The lowest BCUT2D eigenvalue weighted by Crippen LogP contribution is -2.45. The van der Waals surface area contributed by atoms with Crippen molar-refractivity contribution < 1.29 is 15.0 Å². The van der Waals surface area contributed by atoms with Crippen molar-refractivity contribution in [2.75, 3.05) is 6.61 Å². The minimum Gasteiger partial charge on any atom is -0.394 e. The standard InChI is InChI=1S/C35H69NO3/c1-3-5-7-9-11-13-14-15-16-17-18-19-20-21-23-24-26-28-30-34(38)33(32-37)36-35(39)31-29-27-25-22-12-10-8-6-4-2/h28,30,33-34,37-38H,3-27,29,31-32H2,1-2H3,(H,36,39)/b30-28+. The van der Waals surface area contributed by atoms with E-state index in [0.717, 1.165) is 25.7 Å². The van der Waals surface area contributed by atoms with Crippen molar-refractivity contribution in [3.05, 3.63) is 12.2 Å². The molecule has 0 aromatic carbocycles. The lowest BCUT2D eigenvalue weighted by molar-refractivity contribution is -0.123. The summed E-state index contributed by atoms with van der Waals surface area (Å²) < 4.78 is 0.